The van der Waals surface area contributed by atoms with Crippen LogP contribution in [0.25, 0.3) is 0 Å². The van der Waals surface area contributed by atoms with E-state index in [2.05, 4.69) is 47.6 Å². The van der Waals surface area contributed by atoms with Gasteiger partial charge in [0.2, 0.25) is 7.09 Å². The van der Waals surface area contributed by atoms with Gasteiger partial charge in [-0.15, -0.1) is 0 Å². The predicted molar refractivity (Wildman–Crippen MR) is 146 cm³/mol. The number of allylic oxidation sites excluding steroid dienone is 2. The molecule has 4 fully saturated rings. The van der Waals surface area contributed by atoms with Gasteiger partial charge in [-0.1, -0.05) is 51.2 Å². The van der Waals surface area contributed by atoms with Crippen molar-refractivity contribution in [2.45, 2.75) is 111 Å². The topological polar surface area (TPSA) is 69.9 Å². The molecule has 0 heterocycles. The van der Waals surface area contributed by atoms with Gasteiger partial charge in [0.25, 0.3) is 0 Å². The second-order valence-corrected chi connectivity index (χ2v) is 14.0. The number of aliphatic hydroxyl groups is 3. The second kappa shape index (κ2) is 10.3. The third-order valence-electron chi connectivity index (χ3n) is 12.0. The van der Waals surface area contributed by atoms with Gasteiger partial charge in [-0.25, -0.2) is 0 Å². The lowest BCUT2D eigenvalue weighted by Gasteiger charge is -2.69. The first-order valence-electron chi connectivity index (χ1n) is 14.6. The molecule has 0 saturated heterocycles. The smallest absolute Gasteiger partial charge is 0.209 e. The summed E-state index contributed by atoms with van der Waals surface area (Å²) in [7, 11) is 1.27. The Balaban J connectivity index is 1.62. The summed E-state index contributed by atoms with van der Waals surface area (Å²) >= 11 is 1.14. The molecule has 0 spiro atoms. The van der Waals surface area contributed by atoms with Crippen LogP contribution >= 0.6 is 11.9 Å². The van der Waals surface area contributed by atoms with Crippen LogP contribution in [-0.4, -0.2) is 48.7 Å². The van der Waals surface area contributed by atoms with Crippen LogP contribution in [0.1, 0.15) is 92.9 Å². The van der Waals surface area contributed by atoms with Gasteiger partial charge in [-0.3, -0.25) is 0 Å². The maximum atomic E-state index is 11.9. The molecule has 12 atom stereocenters. The molecule has 4 aliphatic rings. The first-order chi connectivity index (χ1) is 16.9. The molecule has 35 heavy (non-hydrogen) atoms. The largest absolute Gasteiger partial charge is 0.396 e. The highest BCUT2D eigenvalue weighted by molar-refractivity contribution is 8.15. The van der Waals surface area contributed by atoms with Gasteiger partial charge in [0.15, 0.2) is 0 Å². The average molecular weight is 508 g/mol. The van der Waals surface area contributed by atoms with E-state index in [1.165, 1.54) is 12.7 Å². The quantitative estimate of drug-likeness (QED) is 0.232. The minimum atomic E-state index is -0.418. The van der Waals surface area contributed by atoms with E-state index < -0.39 is 6.10 Å². The molecule has 4 saturated carbocycles. The molecule has 8 unspecified atom stereocenters. The van der Waals surface area contributed by atoms with Crippen LogP contribution in [-0.2, 0) is 4.18 Å². The van der Waals surface area contributed by atoms with Crippen molar-refractivity contribution in [3.05, 3.63) is 11.6 Å². The van der Waals surface area contributed by atoms with E-state index in [4.69, 9.17) is 5.52 Å². The Morgan fingerprint density at radius 1 is 1.14 bits per heavy atom. The van der Waals surface area contributed by atoms with Crippen LogP contribution < -0.4 is 0 Å². The van der Waals surface area contributed by atoms with E-state index in [-0.39, 0.29) is 58.7 Å². The van der Waals surface area contributed by atoms with Gasteiger partial charge in [0.1, 0.15) is 0 Å². The molecular weight excluding hydrogens is 455 g/mol. The van der Waals surface area contributed by atoms with Crippen molar-refractivity contribution in [3.8, 4) is 0 Å². The first-order valence-corrected chi connectivity index (χ1v) is 14.9. The molecule has 0 aromatic carbocycles. The number of aliphatic hydroxyl groups excluding tert-OH is 3. The summed E-state index contributed by atoms with van der Waals surface area (Å²) in [5, 5.41) is 33.8. The molecule has 3 N–H and O–H groups in total. The summed E-state index contributed by atoms with van der Waals surface area (Å²) in [6, 6.07) is 0. The molecular formula is C29H50BO4S. The van der Waals surface area contributed by atoms with Crippen molar-refractivity contribution >= 4 is 19.0 Å². The minimum Gasteiger partial charge on any atom is -0.396 e. The van der Waals surface area contributed by atoms with Gasteiger partial charge >= 0.3 is 0 Å². The summed E-state index contributed by atoms with van der Waals surface area (Å²) in [5.74, 6) is 1.44. The third kappa shape index (κ3) is 4.39. The van der Waals surface area contributed by atoms with Gasteiger partial charge in [0, 0.05) is 6.61 Å². The van der Waals surface area contributed by atoms with Crippen LogP contribution in [0, 0.1) is 51.8 Å². The zero-order chi connectivity index (χ0) is 26.5. The van der Waals surface area contributed by atoms with Gasteiger partial charge in [-0.2, -0.15) is 0 Å². The van der Waals surface area contributed by atoms with Crippen molar-refractivity contribution < 1.29 is 19.5 Å². The maximum Gasteiger partial charge on any atom is 0.209 e. The zero-order valence-electron chi connectivity index (χ0n) is 23.9. The van der Waals surface area contributed by atoms with E-state index in [9.17, 15) is 15.3 Å². The number of rotatable bonds is 8. The molecule has 199 valence electrons. The monoisotopic (exact) mass is 507 g/mol. The predicted octanol–water partition coefficient (Wildman–Crippen LogP) is 5.43. The highest BCUT2D eigenvalue weighted by atomic mass is 32.2. The fourth-order valence-corrected chi connectivity index (χ4v) is 10.7. The standard InChI is InChI=1S/C29H50BO4S/c1-17(2)8-7-9-19(16-31)25-21-14-22(32)26-27(4)12-11-24(34-35-30)18(3)20(27)10-13-28(26,5)29(21,6)15-23(25)33/h8,18-26,30-33H,7,9-16H2,1-6H3/t18?,19?,20?,21?,22?,23-,24+,25?,26?,27-,28?,29-/m0/s1/i30T. The molecule has 0 aromatic rings. The number of hydrogen-bond acceptors (Lipinski definition) is 5. The molecule has 0 amide bonds. The molecule has 0 aromatic heterocycles. The highest BCUT2D eigenvalue weighted by Gasteiger charge is 2.71. The molecule has 4 rings (SSSR count). The Morgan fingerprint density at radius 3 is 2.54 bits per heavy atom. The Morgan fingerprint density at radius 2 is 1.89 bits per heavy atom. The van der Waals surface area contributed by atoms with Gasteiger partial charge in [0.05, 0.1) is 18.3 Å². The Hall–Kier alpha value is -0.00506. The Kier molecular flexibility index (Phi) is 7.81. The summed E-state index contributed by atoms with van der Waals surface area (Å²) in [4.78, 5) is 0. The molecule has 6 heteroatoms. The van der Waals surface area contributed by atoms with Crippen molar-refractivity contribution in [1.82, 2.24) is 0 Å². The summed E-state index contributed by atoms with van der Waals surface area (Å²) < 4.78 is 13.3. The second-order valence-electron chi connectivity index (χ2n) is 13.7. The van der Waals surface area contributed by atoms with Crippen LogP contribution in [0.2, 0.25) is 0 Å². The van der Waals surface area contributed by atoms with Crippen molar-refractivity contribution in [2.75, 3.05) is 6.61 Å². The molecule has 4 aliphatic carbocycles. The summed E-state index contributed by atoms with van der Waals surface area (Å²) in [6.45, 7) is 13.9. The van der Waals surface area contributed by atoms with E-state index in [0.717, 1.165) is 63.3 Å². The van der Waals surface area contributed by atoms with Crippen LogP contribution in [0.4, 0.5) is 0 Å². The average Bonchev–Trinajstić information content (AvgIpc) is 3.06. The number of fused-ring (bicyclic) bond motifs is 5. The summed E-state index contributed by atoms with van der Waals surface area (Å²) in [5.41, 5.74) is 1.24. The van der Waals surface area contributed by atoms with Crippen molar-refractivity contribution in [2.24, 2.45) is 51.8 Å². The fourth-order valence-electron chi connectivity index (χ4n) is 10.3. The lowest BCUT2D eigenvalue weighted by atomic mass is 9.36. The highest BCUT2D eigenvalue weighted by Crippen LogP contribution is 2.74. The van der Waals surface area contributed by atoms with Gasteiger partial charge in [-0.05, 0) is 118 Å². The summed E-state index contributed by atoms with van der Waals surface area (Å²) in [6.07, 6.45) is 9.12. The van der Waals surface area contributed by atoms with E-state index in [1.54, 1.807) is 0 Å². The lowest BCUT2D eigenvalue weighted by Crippen LogP contribution is -2.66. The van der Waals surface area contributed by atoms with E-state index in [0.29, 0.717) is 11.8 Å². The maximum absolute atomic E-state index is 11.9. The first kappa shape index (κ1) is 26.6. The molecule has 4 nitrogen and oxygen atoms in total. The van der Waals surface area contributed by atoms with E-state index >= 15 is 0 Å². The van der Waals surface area contributed by atoms with E-state index in [1.807, 2.05) is 0 Å². The normalized spacial score (nSPS) is 50.4. The fraction of sp³-hybridized carbons (Fsp3) is 0.931. The Labute approximate surface area is 220 Å². The van der Waals surface area contributed by atoms with Crippen LogP contribution in [0.15, 0.2) is 11.6 Å². The SMILES string of the molecule is [3H][B]SO[C@@H]1CC[C@@]2(C)C(CCC3(C)C2C(O)CC2C(C(CO)CCC=C(C)C)[C@@H](O)C[C@@]23C)C1C. The van der Waals surface area contributed by atoms with Crippen molar-refractivity contribution in [1.29, 1.82) is 1.34 Å². The van der Waals surface area contributed by atoms with Crippen molar-refractivity contribution in [3.63, 3.8) is 0 Å². The van der Waals surface area contributed by atoms with Gasteiger partial charge < -0.3 is 19.5 Å². The lowest BCUT2D eigenvalue weighted by molar-refractivity contribution is -0.238. The number of hydrogen-bond donors (Lipinski definition) is 3. The molecule has 1 radical (unpaired) electrons. The minimum absolute atomic E-state index is 0.0396. The Bertz CT molecular complexity index is 810. The molecule has 0 bridgehead atoms. The van der Waals surface area contributed by atoms with Crippen LogP contribution in [0.5, 0.6) is 0 Å². The third-order valence-corrected chi connectivity index (χ3v) is 12.4. The zero-order valence-corrected chi connectivity index (χ0v) is 23.7. The molecule has 0 aliphatic heterocycles. The van der Waals surface area contributed by atoms with Crippen LogP contribution in [0.3, 0.4) is 0 Å².